The quantitative estimate of drug-likeness (QED) is 0.409. The van der Waals surface area contributed by atoms with E-state index in [-0.39, 0.29) is 0 Å². The number of nitrogens with one attached hydrogen (secondary N) is 1. The smallest absolute Gasteiger partial charge is 0.301 e. The zero-order valence-corrected chi connectivity index (χ0v) is 9.28. The van der Waals surface area contributed by atoms with Gasteiger partial charge in [-0.2, -0.15) is 0 Å². The zero-order valence-electron chi connectivity index (χ0n) is 9.28. The summed E-state index contributed by atoms with van der Waals surface area (Å²) in [6.07, 6.45) is 0. The number of quaternary nitrogens is 1. The van der Waals surface area contributed by atoms with Crippen LogP contribution in [0, 0.1) is 5.41 Å². The molecule has 76 valence electrons. The summed E-state index contributed by atoms with van der Waals surface area (Å²) in [4.78, 5) is 1.83. The van der Waals surface area contributed by atoms with Crippen LogP contribution in [0.1, 0.15) is 0 Å². The first kappa shape index (κ1) is 10.7. The molecule has 0 saturated carbocycles. The van der Waals surface area contributed by atoms with Gasteiger partial charge in [0.25, 0.3) is 0 Å². The molecule has 1 aromatic carbocycles. The highest BCUT2D eigenvalue weighted by Crippen LogP contribution is 2.18. The normalized spacial score (nSPS) is 11.1. The molecule has 0 fully saturated rings. The van der Waals surface area contributed by atoms with Gasteiger partial charge in [-0.3, -0.25) is 0 Å². The predicted octanol–water partition coefficient (Wildman–Crippen LogP) is 1.75. The van der Waals surface area contributed by atoms with Crippen LogP contribution in [0.25, 0.3) is 0 Å². The molecule has 0 aliphatic rings. The summed E-state index contributed by atoms with van der Waals surface area (Å²) in [5.41, 5.74) is 1.12. The molecule has 14 heavy (non-hydrogen) atoms. The fraction of sp³-hybridized carbons (Fsp3) is 0.364. The molecule has 1 rings (SSSR count). The fourth-order valence-corrected chi connectivity index (χ4v) is 1.42. The summed E-state index contributed by atoms with van der Waals surface area (Å²) in [6.45, 7) is 0. The van der Waals surface area contributed by atoms with Gasteiger partial charge in [-0.05, 0) is 12.1 Å². The van der Waals surface area contributed by atoms with E-state index in [9.17, 15) is 0 Å². The van der Waals surface area contributed by atoms with Gasteiger partial charge in [0, 0.05) is 14.1 Å². The van der Waals surface area contributed by atoms with Crippen LogP contribution in [-0.4, -0.2) is 39.1 Å². The molecule has 0 atom stereocenters. The summed E-state index contributed by atoms with van der Waals surface area (Å²) in [6, 6.07) is 10.1. The summed E-state index contributed by atoms with van der Waals surface area (Å²) in [7, 11) is 7.81. The SMILES string of the molecule is CN(C)C(=N)[N+](C)(C)c1ccccc1. The van der Waals surface area contributed by atoms with E-state index in [4.69, 9.17) is 5.41 Å². The predicted molar refractivity (Wildman–Crippen MR) is 61.5 cm³/mol. The van der Waals surface area contributed by atoms with E-state index in [1.54, 1.807) is 0 Å². The van der Waals surface area contributed by atoms with E-state index in [0.717, 1.165) is 5.69 Å². The minimum Gasteiger partial charge on any atom is -0.317 e. The number of nitrogens with zero attached hydrogens (tertiary/aromatic N) is 2. The van der Waals surface area contributed by atoms with E-state index < -0.39 is 0 Å². The monoisotopic (exact) mass is 192 g/mol. The van der Waals surface area contributed by atoms with Crippen molar-refractivity contribution in [3.8, 4) is 0 Å². The van der Waals surface area contributed by atoms with Crippen molar-refractivity contribution in [3.05, 3.63) is 30.3 Å². The molecule has 0 aliphatic heterocycles. The first-order valence-electron chi connectivity index (χ1n) is 4.62. The van der Waals surface area contributed by atoms with Crippen LogP contribution in [0.5, 0.6) is 0 Å². The highest BCUT2D eigenvalue weighted by atomic mass is 15.4. The van der Waals surface area contributed by atoms with Gasteiger partial charge in [-0.25, -0.2) is 9.89 Å². The molecule has 0 amide bonds. The van der Waals surface area contributed by atoms with Crippen molar-refractivity contribution in [2.24, 2.45) is 0 Å². The Morgan fingerprint density at radius 1 is 1.14 bits per heavy atom. The third-order valence-electron chi connectivity index (χ3n) is 2.35. The van der Waals surface area contributed by atoms with Crippen molar-refractivity contribution in [3.63, 3.8) is 0 Å². The largest absolute Gasteiger partial charge is 0.317 e. The lowest BCUT2D eigenvalue weighted by Crippen LogP contribution is -2.52. The van der Waals surface area contributed by atoms with Crippen molar-refractivity contribution in [2.75, 3.05) is 28.2 Å². The molecular formula is C11H18N3+. The molecule has 3 nitrogen and oxygen atoms in total. The lowest BCUT2D eigenvalue weighted by Gasteiger charge is -2.31. The number of hydrogen-bond donors (Lipinski definition) is 1. The summed E-state index contributed by atoms with van der Waals surface area (Å²) in [5, 5.41) is 7.98. The molecule has 0 saturated heterocycles. The van der Waals surface area contributed by atoms with Gasteiger partial charge in [-0.15, -0.1) is 0 Å². The molecule has 0 radical (unpaired) electrons. The van der Waals surface area contributed by atoms with Crippen LogP contribution in [0.4, 0.5) is 5.69 Å². The van der Waals surface area contributed by atoms with Crippen LogP contribution in [-0.2, 0) is 0 Å². The highest BCUT2D eigenvalue weighted by molar-refractivity contribution is 5.87. The molecule has 0 aliphatic carbocycles. The zero-order chi connectivity index (χ0) is 10.8. The molecule has 0 heterocycles. The molecule has 1 aromatic rings. The first-order chi connectivity index (χ1) is 6.46. The molecule has 0 spiro atoms. The lowest BCUT2D eigenvalue weighted by molar-refractivity contribution is 0.468. The second kappa shape index (κ2) is 3.80. The van der Waals surface area contributed by atoms with E-state index in [0.29, 0.717) is 10.4 Å². The number of para-hydroxylation sites is 1. The minimum atomic E-state index is 0.466. The Hall–Kier alpha value is -1.35. The van der Waals surface area contributed by atoms with Crippen molar-refractivity contribution in [1.82, 2.24) is 9.38 Å². The van der Waals surface area contributed by atoms with Crippen molar-refractivity contribution >= 4 is 11.6 Å². The Bertz CT molecular complexity index is 315. The van der Waals surface area contributed by atoms with Gasteiger partial charge < -0.3 is 4.90 Å². The Morgan fingerprint density at radius 3 is 2.07 bits per heavy atom. The summed E-state index contributed by atoms with van der Waals surface area (Å²) < 4.78 is 0.466. The molecule has 0 unspecified atom stereocenters. The van der Waals surface area contributed by atoms with E-state index in [2.05, 4.69) is 0 Å². The second-order valence-corrected chi connectivity index (χ2v) is 4.01. The third-order valence-corrected chi connectivity index (χ3v) is 2.35. The molecular weight excluding hydrogens is 174 g/mol. The number of benzene rings is 1. The Morgan fingerprint density at radius 2 is 1.64 bits per heavy atom. The Kier molecular flexibility index (Phi) is 2.91. The number of rotatable bonds is 1. The van der Waals surface area contributed by atoms with Crippen molar-refractivity contribution in [1.29, 1.82) is 5.41 Å². The van der Waals surface area contributed by atoms with Gasteiger partial charge in [0.2, 0.25) is 0 Å². The van der Waals surface area contributed by atoms with Crippen LogP contribution in [0.3, 0.4) is 0 Å². The van der Waals surface area contributed by atoms with Crippen molar-refractivity contribution < 1.29 is 0 Å². The summed E-state index contributed by atoms with van der Waals surface area (Å²) in [5.74, 6) is 0.566. The standard InChI is InChI=1S/C11H18N3/c1-13(2)11(12)14(3,4)10-8-6-5-7-9-10/h5-9,12H,1-4H3/q+1. The average Bonchev–Trinajstić information content (AvgIpc) is 2.18. The van der Waals surface area contributed by atoms with E-state index in [1.807, 2.05) is 63.4 Å². The maximum atomic E-state index is 7.98. The van der Waals surface area contributed by atoms with Crippen molar-refractivity contribution in [2.45, 2.75) is 0 Å². The maximum absolute atomic E-state index is 7.98. The van der Waals surface area contributed by atoms with Gasteiger partial charge in [0.05, 0.1) is 14.1 Å². The first-order valence-corrected chi connectivity index (χ1v) is 4.62. The van der Waals surface area contributed by atoms with Crippen LogP contribution < -0.4 is 4.48 Å². The maximum Gasteiger partial charge on any atom is 0.301 e. The molecule has 0 bridgehead atoms. The van der Waals surface area contributed by atoms with Gasteiger partial charge in [0.15, 0.2) is 0 Å². The van der Waals surface area contributed by atoms with Gasteiger partial charge in [0.1, 0.15) is 5.69 Å². The second-order valence-electron chi connectivity index (χ2n) is 4.01. The summed E-state index contributed by atoms with van der Waals surface area (Å²) >= 11 is 0. The molecule has 0 aromatic heterocycles. The van der Waals surface area contributed by atoms with Crippen LogP contribution >= 0.6 is 0 Å². The third kappa shape index (κ3) is 1.93. The Balaban J connectivity index is 3.02. The minimum absolute atomic E-state index is 0.466. The topological polar surface area (TPSA) is 27.1 Å². The van der Waals surface area contributed by atoms with Crippen LogP contribution in [0.15, 0.2) is 30.3 Å². The van der Waals surface area contributed by atoms with E-state index in [1.165, 1.54) is 0 Å². The lowest BCUT2D eigenvalue weighted by atomic mass is 10.3. The number of guanidine groups is 1. The highest BCUT2D eigenvalue weighted by Gasteiger charge is 2.26. The molecule has 3 heteroatoms. The number of hydrogen-bond acceptors (Lipinski definition) is 1. The van der Waals surface area contributed by atoms with Crippen LogP contribution in [0.2, 0.25) is 0 Å². The molecule has 1 N–H and O–H groups in total. The van der Waals surface area contributed by atoms with E-state index >= 15 is 0 Å². The Labute approximate surface area is 85.7 Å². The fourth-order valence-electron chi connectivity index (χ4n) is 1.42. The average molecular weight is 192 g/mol. The van der Waals surface area contributed by atoms with Gasteiger partial charge in [-0.1, -0.05) is 18.2 Å². The van der Waals surface area contributed by atoms with Gasteiger partial charge >= 0.3 is 5.96 Å².